The van der Waals surface area contributed by atoms with E-state index in [0.29, 0.717) is 28.2 Å². The number of ether oxygens (including phenoxy) is 1. The average Bonchev–Trinajstić information content (AvgIpc) is 2.43. The van der Waals surface area contributed by atoms with Gasteiger partial charge in [-0.1, -0.05) is 23.2 Å². The molecule has 1 heterocycles. The van der Waals surface area contributed by atoms with E-state index in [0.717, 1.165) is 0 Å². The van der Waals surface area contributed by atoms with Crippen LogP contribution in [-0.2, 0) is 0 Å². The molecule has 0 bridgehead atoms. The first-order chi connectivity index (χ1) is 9.60. The molecule has 0 radical (unpaired) electrons. The van der Waals surface area contributed by atoms with Crippen molar-refractivity contribution in [1.29, 1.82) is 0 Å². The van der Waals surface area contributed by atoms with Crippen molar-refractivity contribution in [2.45, 2.75) is 6.92 Å². The highest BCUT2D eigenvalue weighted by atomic mass is 35.5. The van der Waals surface area contributed by atoms with Crippen molar-refractivity contribution >= 4 is 34.8 Å². The Bertz CT molecular complexity index is 635. The number of benzene rings is 1. The second-order valence-corrected chi connectivity index (χ2v) is 4.60. The van der Waals surface area contributed by atoms with Crippen molar-refractivity contribution in [2.24, 2.45) is 0 Å². The molecule has 5 nitrogen and oxygen atoms in total. The molecule has 1 N–H and O–H groups in total. The Labute approximate surface area is 125 Å². The van der Waals surface area contributed by atoms with Gasteiger partial charge in [0.15, 0.2) is 0 Å². The minimum atomic E-state index is -0.419. The quantitative estimate of drug-likeness (QED) is 0.939. The summed E-state index contributed by atoms with van der Waals surface area (Å²) in [7, 11) is 0. The van der Waals surface area contributed by atoms with Gasteiger partial charge in [-0.15, -0.1) is 0 Å². The van der Waals surface area contributed by atoms with Crippen molar-refractivity contribution in [3.63, 3.8) is 0 Å². The first-order valence-electron chi connectivity index (χ1n) is 5.81. The number of aromatic nitrogens is 2. The summed E-state index contributed by atoms with van der Waals surface area (Å²) in [5.74, 6) is -0.0811. The lowest BCUT2D eigenvalue weighted by atomic mass is 10.3. The average molecular weight is 312 g/mol. The number of rotatable bonds is 4. The van der Waals surface area contributed by atoms with Gasteiger partial charge in [-0.3, -0.25) is 4.79 Å². The summed E-state index contributed by atoms with van der Waals surface area (Å²) >= 11 is 11.8. The number of anilines is 1. The molecular formula is C13H11Cl2N3O2. The Kier molecular flexibility index (Phi) is 4.76. The van der Waals surface area contributed by atoms with E-state index in [1.807, 2.05) is 6.92 Å². The van der Waals surface area contributed by atoms with Crippen LogP contribution in [0.5, 0.6) is 5.88 Å². The van der Waals surface area contributed by atoms with Gasteiger partial charge in [-0.05, 0) is 25.1 Å². The fraction of sp³-hybridized carbons (Fsp3) is 0.154. The van der Waals surface area contributed by atoms with Gasteiger partial charge in [0.2, 0.25) is 5.88 Å². The van der Waals surface area contributed by atoms with Crippen molar-refractivity contribution < 1.29 is 9.53 Å². The Morgan fingerprint density at radius 2 is 2.10 bits per heavy atom. The van der Waals surface area contributed by atoms with E-state index in [1.165, 1.54) is 12.4 Å². The van der Waals surface area contributed by atoms with Gasteiger partial charge >= 0.3 is 0 Å². The number of carbonyl (C=O) groups is 1. The fourth-order valence-corrected chi connectivity index (χ4v) is 1.81. The van der Waals surface area contributed by atoms with E-state index in [4.69, 9.17) is 27.9 Å². The van der Waals surface area contributed by atoms with E-state index >= 15 is 0 Å². The molecule has 2 rings (SSSR count). The molecule has 1 amide bonds. The molecule has 0 spiro atoms. The van der Waals surface area contributed by atoms with Gasteiger partial charge in [0.1, 0.15) is 12.0 Å². The molecule has 0 aliphatic rings. The molecule has 0 aliphatic carbocycles. The predicted octanol–water partition coefficient (Wildman–Crippen LogP) is 3.43. The highest BCUT2D eigenvalue weighted by Gasteiger charge is 2.11. The molecule has 1 aromatic carbocycles. The maximum absolute atomic E-state index is 12.1. The van der Waals surface area contributed by atoms with Gasteiger partial charge in [-0.25, -0.2) is 9.97 Å². The molecular weight excluding hydrogens is 301 g/mol. The summed E-state index contributed by atoms with van der Waals surface area (Å²) < 4.78 is 5.21. The maximum atomic E-state index is 12.1. The maximum Gasteiger partial charge on any atom is 0.274 e. The Morgan fingerprint density at radius 1 is 1.30 bits per heavy atom. The summed E-state index contributed by atoms with van der Waals surface area (Å²) in [5.41, 5.74) is 0.597. The molecule has 20 heavy (non-hydrogen) atoms. The van der Waals surface area contributed by atoms with Crippen LogP contribution in [0.1, 0.15) is 17.4 Å². The van der Waals surface area contributed by atoms with Crippen LogP contribution in [-0.4, -0.2) is 22.5 Å². The SMILES string of the molecule is CCOc1cc(C(=O)Nc2cc(Cl)ccc2Cl)ncn1. The van der Waals surface area contributed by atoms with Crippen LogP contribution in [0, 0.1) is 0 Å². The van der Waals surface area contributed by atoms with Crippen molar-refractivity contribution in [2.75, 3.05) is 11.9 Å². The molecule has 0 fully saturated rings. The number of carbonyl (C=O) groups excluding carboxylic acids is 1. The van der Waals surface area contributed by atoms with E-state index in [2.05, 4.69) is 15.3 Å². The third kappa shape index (κ3) is 3.59. The molecule has 104 valence electrons. The second-order valence-electron chi connectivity index (χ2n) is 3.75. The summed E-state index contributed by atoms with van der Waals surface area (Å²) in [4.78, 5) is 19.9. The van der Waals surface area contributed by atoms with Gasteiger partial charge in [-0.2, -0.15) is 0 Å². The highest BCUT2D eigenvalue weighted by molar-refractivity contribution is 6.35. The molecule has 7 heteroatoms. The van der Waals surface area contributed by atoms with Crippen LogP contribution in [0.3, 0.4) is 0 Å². The first-order valence-corrected chi connectivity index (χ1v) is 6.57. The minimum absolute atomic E-state index is 0.180. The lowest BCUT2D eigenvalue weighted by Gasteiger charge is -2.08. The number of nitrogens with zero attached hydrogens (tertiary/aromatic N) is 2. The van der Waals surface area contributed by atoms with Gasteiger partial charge < -0.3 is 10.1 Å². The van der Waals surface area contributed by atoms with E-state index in [1.54, 1.807) is 18.2 Å². The Balaban J connectivity index is 2.19. The van der Waals surface area contributed by atoms with Crippen LogP contribution < -0.4 is 10.1 Å². The summed E-state index contributed by atoms with van der Waals surface area (Å²) in [6.07, 6.45) is 1.26. The lowest BCUT2D eigenvalue weighted by Crippen LogP contribution is -2.14. The van der Waals surface area contributed by atoms with Crippen LogP contribution in [0.2, 0.25) is 10.0 Å². The minimum Gasteiger partial charge on any atom is -0.478 e. The standard InChI is InChI=1S/C13H11Cl2N3O2/c1-2-20-12-6-11(16-7-17-12)13(19)18-10-5-8(14)3-4-9(10)15/h3-7H,2H2,1H3,(H,18,19). The van der Waals surface area contributed by atoms with Crippen LogP contribution in [0.25, 0.3) is 0 Å². The van der Waals surface area contributed by atoms with Gasteiger partial charge in [0.05, 0.1) is 17.3 Å². The van der Waals surface area contributed by atoms with Crippen LogP contribution >= 0.6 is 23.2 Å². The summed E-state index contributed by atoms with van der Waals surface area (Å²) in [6, 6.07) is 6.26. The molecule has 0 unspecified atom stereocenters. The predicted molar refractivity (Wildman–Crippen MR) is 77.6 cm³/mol. The summed E-state index contributed by atoms with van der Waals surface area (Å²) in [5, 5.41) is 3.50. The van der Waals surface area contributed by atoms with Gasteiger partial charge in [0, 0.05) is 11.1 Å². The third-order valence-corrected chi connectivity index (χ3v) is 2.91. The van der Waals surface area contributed by atoms with Crippen molar-refractivity contribution in [1.82, 2.24) is 9.97 Å². The zero-order valence-corrected chi connectivity index (χ0v) is 12.1. The van der Waals surface area contributed by atoms with Gasteiger partial charge in [0.25, 0.3) is 5.91 Å². The molecule has 0 saturated heterocycles. The Morgan fingerprint density at radius 3 is 2.85 bits per heavy atom. The monoisotopic (exact) mass is 311 g/mol. The zero-order valence-electron chi connectivity index (χ0n) is 10.6. The normalized spacial score (nSPS) is 10.2. The largest absolute Gasteiger partial charge is 0.478 e. The smallest absolute Gasteiger partial charge is 0.274 e. The van der Waals surface area contributed by atoms with E-state index < -0.39 is 5.91 Å². The van der Waals surface area contributed by atoms with E-state index in [-0.39, 0.29) is 5.69 Å². The lowest BCUT2D eigenvalue weighted by molar-refractivity contribution is 0.102. The molecule has 0 saturated carbocycles. The third-order valence-electron chi connectivity index (χ3n) is 2.34. The number of halogens is 2. The Hall–Kier alpha value is -1.85. The summed E-state index contributed by atoms with van der Waals surface area (Å²) in [6.45, 7) is 2.28. The van der Waals surface area contributed by atoms with E-state index in [9.17, 15) is 4.79 Å². The van der Waals surface area contributed by atoms with Crippen molar-refractivity contribution in [3.05, 3.63) is 46.3 Å². The second kappa shape index (κ2) is 6.54. The fourth-order valence-electron chi connectivity index (χ4n) is 1.47. The number of hydrogen-bond acceptors (Lipinski definition) is 4. The molecule has 0 atom stereocenters. The molecule has 0 aliphatic heterocycles. The zero-order chi connectivity index (χ0) is 14.5. The first kappa shape index (κ1) is 14.6. The molecule has 2 aromatic rings. The van der Waals surface area contributed by atoms with Crippen LogP contribution in [0.4, 0.5) is 5.69 Å². The molecule has 1 aromatic heterocycles. The topological polar surface area (TPSA) is 64.1 Å². The number of nitrogens with one attached hydrogen (secondary N) is 1. The number of amides is 1. The number of hydrogen-bond donors (Lipinski definition) is 1. The van der Waals surface area contributed by atoms with Crippen LogP contribution in [0.15, 0.2) is 30.6 Å². The highest BCUT2D eigenvalue weighted by Crippen LogP contribution is 2.25. The van der Waals surface area contributed by atoms with Crippen molar-refractivity contribution in [3.8, 4) is 5.88 Å².